The molecule has 14 heavy (non-hydrogen) atoms. The quantitative estimate of drug-likeness (QED) is 0.561. The third-order valence-corrected chi connectivity index (χ3v) is 2.75. The second kappa shape index (κ2) is 9.47. The Morgan fingerprint density at radius 2 is 1.71 bits per heavy atom. The number of rotatable bonds is 9. The predicted octanol–water partition coefficient (Wildman–Crippen LogP) is 2.53. The molecular formula is C12H28N2. The van der Waals surface area contributed by atoms with Crippen LogP contribution in [-0.4, -0.2) is 19.1 Å². The van der Waals surface area contributed by atoms with Crippen LogP contribution >= 0.6 is 0 Å². The summed E-state index contributed by atoms with van der Waals surface area (Å²) in [6.45, 7) is 8.58. The average molecular weight is 200 g/mol. The van der Waals surface area contributed by atoms with Gasteiger partial charge in [0.2, 0.25) is 0 Å². The molecule has 0 saturated carbocycles. The molecule has 0 bridgehead atoms. The fourth-order valence-corrected chi connectivity index (χ4v) is 1.61. The predicted molar refractivity (Wildman–Crippen MR) is 64.4 cm³/mol. The minimum absolute atomic E-state index is 0.501. The summed E-state index contributed by atoms with van der Waals surface area (Å²) >= 11 is 0. The third kappa shape index (κ3) is 7.34. The van der Waals surface area contributed by atoms with Crippen molar-refractivity contribution in [1.29, 1.82) is 0 Å². The fourth-order valence-electron chi connectivity index (χ4n) is 1.61. The van der Waals surface area contributed by atoms with Crippen molar-refractivity contribution in [2.24, 2.45) is 11.7 Å². The Morgan fingerprint density at radius 3 is 2.21 bits per heavy atom. The molecule has 0 spiro atoms. The van der Waals surface area contributed by atoms with E-state index in [9.17, 15) is 0 Å². The van der Waals surface area contributed by atoms with Crippen molar-refractivity contribution in [3.8, 4) is 0 Å². The van der Waals surface area contributed by atoms with E-state index in [0.29, 0.717) is 12.0 Å². The molecule has 86 valence electrons. The van der Waals surface area contributed by atoms with Gasteiger partial charge in [0.05, 0.1) is 0 Å². The number of hydrogen-bond donors (Lipinski definition) is 2. The first-order valence-electron chi connectivity index (χ1n) is 6.15. The van der Waals surface area contributed by atoms with E-state index < -0.39 is 0 Å². The van der Waals surface area contributed by atoms with Gasteiger partial charge in [-0.15, -0.1) is 0 Å². The zero-order chi connectivity index (χ0) is 10.8. The lowest BCUT2D eigenvalue weighted by Gasteiger charge is -2.20. The van der Waals surface area contributed by atoms with Crippen molar-refractivity contribution in [1.82, 2.24) is 5.32 Å². The molecule has 1 atom stereocenters. The molecule has 0 saturated heterocycles. The van der Waals surface area contributed by atoms with Gasteiger partial charge in [-0.2, -0.15) is 0 Å². The summed E-state index contributed by atoms with van der Waals surface area (Å²) in [6, 6.07) is 0.501. The zero-order valence-corrected chi connectivity index (χ0v) is 10.2. The molecule has 0 fully saturated rings. The summed E-state index contributed by atoms with van der Waals surface area (Å²) < 4.78 is 0. The van der Waals surface area contributed by atoms with Gasteiger partial charge in [-0.1, -0.05) is 46.5 Å². The molecular weight excluding hydrogens is 172 g/mol. The van der Waals surface area contributed by atoms with E-state index in [1.54, 1.807) is 0 Å². The number of unbranched alkanes of at least 4 members (excludes halogenated alkanes) is 4. The zero-order valence-electron chi connectivity index (χ0n) is 10.2. The molecule has 2 nitrogen and oxygen atoms in total. The maximum absolute atomic E-state index is 5.67. The normalized spacial score (nSPS) is 13.5. The lowest BCUT2D eigenvalue weighted by molar-refractivity contribution is 0.400. The highest BCUT2D eigenvalue weighted by molar-refractivity contribution is 4.70. The van der Waals surface area contributed by atoms with Crippen LogP contribution in [0.15, 0.2) is 0 Å². The van der Waals surface area contributed by atoms with Crippen LogP contribution in [0.4, 0.5) is 0 Å². The van der Waals surface area contributed by atoms with Gasteiger partial charge in [0.1, 0.15) is 0 Å². The molecule has 0 aromatic heterocycles. The lowest BCUT2D eigenvalue weighted by atomic mass is 10.0. The molecule has 0 aliphatic rings. The first kappa shape index (κ1) is 13.9. The third-order valence-electron chi connectivity index (χ3n) is 2.75. The van der Waals surface area contributed by atoms with E-state index in [4.69, 9.17) is 5.73 Å². The van der Waals surface area contributed by atoms with Crippen LogP contribution in [0.25, 0.3) is 0 Å². The summed E-state index contributed by atoms with van der Waals surface area (Å²) in [5.74, 6) is 0.649. The highest BCUT2D eigenvalue weighted by Crippen LogP contribution is 2.03. The molecule has 0 rings (SSSR count). The summed E-state index contributed by atoms with van der Waals surface area (Å²) in [4.78, 5) is 0. The van der Waals surface area contributed by atoms with Crippen molar-refractivity contribution in [2.75, 3.05) is 13.1 Å². The SMILES string of the molecule is CCCCCCCNC(CN)C(C)C. The molecule has 3 N–H and O–H groups in total. The van der Waals surface area contributed by atoms with Crippen LogP contribution < -0.4 is 11.1 Å². The van der Waals surface area contributed by atoms with Crippen molar-refractivity contribution in [2.45, 2.75) is 58.9 Å². The average Bonchev–Trinajstić information content (AvgIpc) is 2.16. The number of nitrogens with two attached hydrogens (primary N) is 1. The largest absolute Gasteiger partial charge is 0.329 e. The van der Waals surface area contributed by atoms with Gasteiger partial charge in [0.25, 0.3) is 0 Å². The van der Waals surface area contributed by atoms with E-state index in [1.807, 2.05) is 0 Å². The molecule has 0 aromatic carbocycles. The van der Waals surface area contributed by atoms with E-state index in [-0.39, 0.29) is 0 Å². The van der Waals surface area contributed by atoms with Crippen molar-refractivity contribution >= 4 is 0 Å². The Morgan fingerprint density at radius 1 is 1.07 bits per heavy atom. The van der Waals surface area contributed by atoms with Crippen molar-refractivity contribution < 1.29 is 0 Å². The van der Waals surface area contributed by atoms with Crippen molar-refractivity contribution in [3.63, 3.8) is 0 Å². The smallest absolute Gasteiger partial charge is 0.0213 e. The van der Waals surface area contributed by atoms with Gasteiger partial charge in [0.15, 0.2) is 0 Å². The van der Waals surface area contributed by atoms with Gasteiger partial charge < -0.3 is 11.1 Å². The van der Waals surface area contributed by atoms with Crippen LogP contribution in [-0.2, 0) is 0 Å². The standard InChI is InChI=1S/C12H28N2/c1-4-5-6-7-8-9-14-12(10-13)11(2)3/h11-12,14H,4-10,13H2,1-3H3. The summed E-state index contributed by atoms with van der Waals surface area (Å²) in [5, 5.41) is 3.52. The second-order valence-electron chi connectivity index (χ2n) is 4.45. The summed E-state index contributed by atoms with van der Waals surface area (Å²) in [6.07, 6.45) is 6.74. The molecule has 0 aliphatic carbocycles. The van der Waals surface area contributed by atoms with Crippen LogP contribution in [0.3, 0.4) is 0 Å². The molecule has 0 radical (unpaired) electrons. The van der Waals surface area contributed by atoms with Crippen LogP contribution in [0, 0.1) is 5.92 Å². The van der Waals surface area contributed by atoms with Crippen LogP contribution in [0.1, 0.15) is 52.9 Å². The van der Waals surface area contributed by atoms with E-state index in [1.165, 1.54) is 32.1 Å². The second-order valence-corrected chi connectivity index (χ2v) is 4.45. The highest BCUT2D eigenvalue weighted by Gasteiger charge is 2.08. The summed E-state index contributed by atoms with van der Waals surface area (Å²) in [7, 11) is 0. The van der Waals surface area contributed by atoms with Gasteiger partial charge in [-0.25, -0.2) is 0 Å². The Kier molecular flexibility index (Phi) is 9.42. The minimum Gasteiger partial charge on any atom is -0.329 e. The van der Waals surface area contributed by atoms with Gasteiger partial charge in [-0.05, 0) is 18.9 Å². The number of hydrogen-bond acceptors (Lipinski definition) is 2. The van der Waals surface area contributed by atoms with Gasteiger partial charge in [0, 0.05) is 12.6 Å². The summed E-state index contributed by atoms with van der Waals surface area (Å²) in [5.41, 5.74) is 5.67. The van der Waals surface area contributed by atoms with E-state index >= 15 is 0 Å². The monoisotopic (exact) mass is 200 g/mol. The first-order chi connectivity index (χ1) is 6.72. The molecule has 2 heteroatoms. The molecule has 1 unspecified atom stereocenters. The van der Waals surface area contributed by atoms with Crippen LogP contribution in [0.2, 0.25) is 0 Å². The first-order valence-corrected chi connectivity index (χ1v) is 6.15. The molecule has 0 heterocycles. The lowest BCUT2D eigenvalue weighted by Crippen LogP contribution is -2.40. The Labute approximate surface area is 89.6 Å². The molecule has 0 aliphatic heterocycles. The van der Waals surface area contributed by atoms with E-state index in [2.05, 4.69) is 26.1 Å². The van der Waals surface area contributed by atoms with Crippen LogP contribution in [0.5, 0.6) is 0 Å². The van der Waals surface area contributed by atoms with Gasteiger partial charge in [-0.3, -0.25) is 0 Å². The Bertz CT molecular complexity index is 113. The minimum atomic E-state index is 0.501. The number of nitrogens with one attached hydrogen (secondary N) is 1. The maximum Gasteiger partial charge on any atom is 0.0213 e. The Hall–Kier alpha value is -0.0800. The van der Waals surface area contributed by atoms with E-state index in [0.717, 1.165) is 13.1 Å². The van der Waals surface area contributed by atoms with Gasteiger partial charge >= 0.3 is 0 Å². The molecule has 0 aromatic rings. The Balaban J connectivity index is 3.25. The van der Waals surface area contributed by atoms with Crippen molar-refractivity contribution in [3.05, 3.63) is 0 Å². The maximum atomic E-state index is 5.67. The highest BCUT2D eigenvalue weighted by atomic mass is 14.9. The topological polar surface area (TPSA) is 38.0 Å². The molecule has 0 amide bonds. The fraction of sp³-hybridized carbons (Fsp3) is 1.00.